The SMILES string of the molecule is CC(CNc1nn2cc(-c3ccc(F)cc3)nc2s1)N1CCN(C)CC1. The molecule has 1 aliphatic rings. The lowest BCUT2D eigenvalue weighted by atomic mass is 10.2. The molecule has 1 atom stereocenters. The van der Waals surface area contributed by atoms with Crippen molar-refractivity contribution < 1.29 is 4.39 Å². The molecule has 1 N–H and O–H groups in total. The monoisotopic (exact) mass is 374 g/mol. The van der Waals surface area contributed by atoms with E-state index in [9.17, 15) is 4.39 Å². The van der Waals surface area contributed by atoms with E-state index in [1.54, 1.807) is 16.6 Å². The fourth-order valence-electron chi connectivity index (χ4n) is 3.16. The molecule has 1 aromatic carbocycles. The first-order chi connectivity index (χ1) is 12.6. The molecule has 0 radical (unpaired) electrons. The van der Waals surface area contributed by atoms with E-state index in [1.165, 1.54) is 23.5 Å². The number of piperazine rings is 1. The molecule has 6 nitrogen and oxygen atoms in total. The van der Waals surface area contributed by atoms with Crippen LogP contribution in [0.1, 0.15) is 6.92 Å². The zero-order valence-electron chi connectivity index (χ0n) is 15.0. The van der Waals surface area contributed by atoms with Crippen LogP contribution in [0.15, 0.2) is 30.5 Å². The van der Waals surface area contributed by atoms with Crippen LogP contribution in [-0.2, 0) is 0 Å². The zero-order chi connectivity index (χ0) is 18.1. The maximum absolute atomic E-state index is 13.1. The highest BCUT2D eigenvalue weighted by Crippen LogP contribution is 2.24. The van der Waals surface area contributed by atoms with E-state index in [0.717, 1.165) is 54.1 Å². The Bertz CT molecular complexity index is 834. The number of halogens is 1. The van der Waals surface area contributed by atoms with Crippen LogP contribution in [-0.4, -0.2) is 70.2 Å². The third-order valence-electron chi connectivity index (χ3n) is 4.89. The predicted molar refractivity (Wildman–Crippen MR) is 103 cm³/mol. The Hall–Kier alpha value is -2.03. The van der Waals surface area contributed by atoms with Crippen molar-refractivity contribution in [3.8, 4) is 11.3 Å². The molecule has 3 aromatic rings. The van der Waals surface area contributed by atoms with Crippen molar-refractivity contribution in [3.05, 3.63) is 36.3 Å². The second-order valence-corrected chi connectivity index (χ2v) is 7.79. The summed E-state index contributed by atoms with van der Waals surface area (Å²) >= 11 is 1.53. The van der Waals surface area contributed by atoms with Crippen LogP contribution in [0.5, 0.6) is 0 Å². The minimum Gasteiger partial charge on any atom is -0.359 e. The van der Waals surface area contributed by atoms with Gasteiger partial charge in [0.25, 0.3) is 0 Å². The summed E-state index contributed by atoms with van der Waals surface area (Å²) in [6.07, 6.45) is 1.88. The molecule has 138 valence electrons. The molecule has 0 spiro atoms. The average molecular weight is 374 g/mol. The van der Waals surface area contributed by atoms with Crippen molar-refractivity contribution in [3.63, 3.8) is 0 Å². The van der Waals surface area contributed by atoms with Gasteiger partial charge in [-0.05, 0) is 38.2 Å². The first-order valence-electron chi connectivity index (χ1n) is 8.87. The first kappa shape index (κ1) is 17.4. The number of hydrogen-bond acceptors (Lipinski definition) is 6. The molecule has 1 unspecified atom stereocenters. The van der Waals surface area contributed by atoms with Crippen LogP contribution < -0.4 is 5.32 Å². The molecular formula is C18H23FN6S. The van der Waals surface area contributed by atoms with Gasteiger partial charge < -0.3 is 10.2 Å². The lowest BCUT2D eigenvalue weighted by molar-refractivity contribution is 0.123. The Labute approximate surface area is 156 Å². The summed E-state index contributed by atoms with van der Waals surface area (Å²) in [6.45, 7) is 7.60. The predicted octanol–water partition coefficient (Wildman–Crippen LogP) is 2.64. The van der Waals surface area contributed by atoms with Gasteiger partial charge in [0.05, 0.1) is 11.9 Å². The number of nitrogens with one attached hydrogen (secondary N) is 1. The quantitative estimate of drug-likeness (QED) is 0.744. The number of anilines is 1. The smallest absolute Gasteiger partial charge is 0.214 e. The standard InChI is InChI=1S/C18H23FN6S/c1-13(24-9-7-23(2)8-10-24)11-20-17-22-25-12-16(21-18(25)26-17)14-3-5-15(19)6-4-14/h3-6,12-13H,7-11H2,1-2H3,(H,20,22). The number of rotatable bonds is 5. The van der Waals surface area contributed by atoms with E-state index >= 15 is 0 Å². The van der Waals surface area contributed by atoms with Crippen molar-refractivity contribution in [2.24, 2.45) is 0 Å². The molecule has 1 aliphatic heterocycles. The van der Waals surface area contributed by atoms with E-state index in [-0.39, 0.29) is 5.82 Å². The number of imidazole rings is 1. The first-order valence-corrected chi connectivity index (χ1v) is 9.69. The van der Waals surface area contributed by atoms with E-state index in [2.05, 4.69) is 39.2 Å². The van der Waals surface area contributed by atoms with Crippen LogP contribution in [0.3, 0.4) is 0 Å². The second-order valence-electron chi connectivity index (χ2n) is 6.84. The van der Waals surface area contributed by atoms with Gasteiger partial charge in [0, 0.05) is 44.3 Å². The molecule has 26 heavy (non-hydrogen) atoms. The van der Waals surface area contributed by atoms with Gasteiger partial charge in [-0.25, -0.2) is 13.9 Å². The van der Waals surface area contributed by atoms with Crippen molar-refractivity contribution in [2.45, 2.75) is 13.0 Å². The summed E-state index contributed by atoms with van der Waals surface area (Å²) < 4.78 is 14.8. The van der Waals surface area contributed by atoms with Gasteiger partial charge in [0.1, 0.15) is 5.82 Å². The molecule has 3 heterocycles. The topological polar surface area (TPSA) is 48.7 Å². The van der Waals surface area contributed by atoms with Crippen LogP contribution >= 0.6 is 11.3 Å². The summed E-state index contributed by atoms with van der Waals surface area (Å²) in [6, 6.07) is 6.83. The maximum Gasteiger partial charge on any atom is 0.214 e. The van der Waals surface area contributed by atoms with E-state index in [4.69, 9.17) is 0 Å². The highest BCUT2D eigenvalue weighted by molar-refractivity contribution is 7.20. The fraction of sp³-hybridized carbons (Fsp3) is 0.444. The van der Waals surface area contributed by atoms with Crippen molar-refractivity contribution in [1.82, 2.24) is 24.4 Å². The molecular weight excluding hydrogens is 351 g/mol. The molecule has 8 heteroatoms. The Morgan fingerprint density at radius 2 is 1.92 bits per heavy atom. The Kier molecular flexibility index (Phi) is 4.88. The summed E-state index contributed by atoms with van der Waals surface area (Å²) in [4.78, 5) is 10.3. The Balaban J connectivity index is 1.39. The number of aromatic nitrogens is 3. The number of hydrogen-bond donors (Lipinski definition) is 1. The van der Waals surface area contributed by atoms with Crippen molar-refractivity contribution >= 4 is 21.4 Å². The molecule has 1 fully saturated rings. The molecule has 2 aromatic heterocycles. The van der Waals surface area contributed by atoms with Crippen molar-refractivity contribution in [1.29, 1.82) is 0 Å². The molecule has 1 saturated heterocycles. The minimum atomic E-state index is -0.242. The zero-order valence-corrected chi connectivity index (χ0v) is 15.8. The second kappa shape index (κ2) is 7.30. The molecule has 0 aliphatic carbocycles. The highest BCUT2D eigenvalue weighted by Gasteiger charge is 2.19. The van der Waals surface area contributed by atoms with E-state index in [1.807, 2.05) is 6.20 Å². The van der Waals surface area contributed by atoms with E-state index in [0.29, 0.717) is 6.04 Å². The lowest BCUT2D eigenvalue weighted by Crippen LogP contribution is -2.49. The minimum absolute atomic E-state index is 0.242. The summed E-state index contributed by atoms with van der Waals surface area (Å²) in [7, 11) is 2.17. The normalized spacial score (nSPS) is 17.7. The number of fused-ring (bicyclic) bond motifs is 1. The van der Waals surface area contributed by atoms with E-state index < -0.39 is 0 Å². The number of likely N-dealkylation sites (N-methyl/N-ethyl adjacent to an activating group) is 1. The Morgan fingerprint density at radius 3 is 2.62 bits per heavy atom. The van der Waals surface area contributed by atoms with Crippen LogP contribution in [0.25, 0.3) is 16.2 Å². The summed E-state index contributed by atoms with van der Waals surface area (Å²) in [5.41, 5.74) is 1.70. The van der Waals surface area contributed by atoms with Gasteiger partial charge >= 0.3 is 0 Å². The van der Waals surface area contributed by atoms with Crippen molar-refractivity contribution in [2.75, 3.05) is 45.1 Å². The van der Waals surface area contributed by atoms with Gasteiger partial charge in [-0.15, -0.1) is 5.10 Å². The van der Waals surface area contributed by atoms with Gasteiger partial charge in [0.2, 0.25) is 10.1 Å². The van der Waals surface area contributed by atoms with Crippen LogP contribution in [0.4, 0.5) is 9.52 Å². The lowest BCUT2D eigenvalue weighted by Gasteiger charge is -2.36. The third kappa shape index (κ3) is 3.72. The third-order valence-corrected chi connectivity index (χ3v) is 5.77. The largest absolute Gasteiger partial charge is 0.359 e. The van der Waals surface area contributed by atoms with Gasteiger partial charge in [-0.2, -0.15) is 0 Å². The van der Waals surface area contributed by atoms with Gasteiger partial charge in [-0.1, -0.05) is 11.3 Å². The summed E-state index contributed by atoms with van der Waals surface area (Å²) in [5.74, 6) is -0.242. The number of benzene rings is 1. The summed E-state index contributed by atoms with van der Waals surface area (Å²) in [5, 5.41) is 8.88. The number of nitrogens with zero attached hydrogens (tertiary/aromatic N) is 5. The highest BCUT2D eigenvalue weighted by atomic mass is 32.1. The molecule has 0 amide bonds. The Morgan fingerprint density at radius 1 is 1.19 bits per heavy atom. The van der Waals surface area contributed by atoms with Gasteiger partial charge in [-0.3, -0.25) is 4.90 Å². The molecule has 4 rings (SSSR count). The van der Waals surface area contributed by atoms with Gasteiger partial charge in [0.15, 0.2) is 0 Å². The fourth-order valence-corrected chi connectivity index (χ4v) is 3.95. The molecule has 0 bridgehead atoms. The molecule has 0 saturated carbocycles. The maximum atomic E-state index is 13.1. The average Bonchev–Trinajstić information content (AvgIpc) is 3.19. The van der Waals surface area contributed by atoms with Crippen LogP contribution in [0, 0.1) is 5.82 Å². The van der Waals surface area contributed by atoms with Crippen LogP contribution in [0.2, 0.25) is 0 Å².